The van der Waals surface area contributed by atoms with Gasteiger partial charge in [0, 0.05) is 36.5 Å². The van der Waals surface area contributed by atoms with Crippen LogP contribution < -0.4 is 5.32 Å². The number of pyridine rings is 1. The first-order valence-electron chi connectivity index (χ1n) is 10.1. The van der Waals surface area contributed by atoms with Crippen LogP contribution in [-0.4, -0.2) is 40.4 Å². The molecule has 1 saturated heterocycles. The van der Waals surface area contributed by atoms with Crippen molar-refractivity contribution in [3.63, 3.8) is 0 Å². The van der Waals surface area contributed by atoms with Crippen molar-refractivity contribution in [3.05, 3.63) is 54.1 Å². The van der Waals surface area contributed by atoms with E-state index >= 15 is 0 Å². The van der Waals surface area contributed by atoms with Crippen molar-refractivity contribution in [2.75, 3.05) is 18.8 Å². The number of hydrogen-bond donors (Lipinski definition) is 1. The number of hydrogen-bond acceptors (Lipinski definition) is 6. The van der Waals surface area contributed by atoms with Crippen molar-refractivity contribution in [1.82, 2.24) is 10.3 Å². The van der Waals surface area contributed by atoms with E-state index in [0.29, 0.717) is 18.0 Å². The largest absolute Gasteiger partial charge is 0.460 e. The van der Waals surface area contributed by atoms with E-state index in [-0.39, 0.29) is 12.4 Å². The lowest BCUT2D eigenvalue weighted by molar-refractivity contribution is -0.153. The summed E-state index contributed by atoms with van der Waals surface area (Å²) in [5.41, 5.74) is 1.30. The fraction of sp³-hybridized carbons (Fsp3) is 0.435. The smallest absolute Gasteiger partial charge is 0.312 e. The van der Waals surface area contributed by atoms with Crippen LogP contribution in [0.1, 0.15) is 32.8 Å². The molecule has 0 unspecified atom stereocenters. The molecule has 2 aliphatic heterocycles. The summed E-state index contributed by atoms with van der Waals surface area (Å²) in [4.78, 5) is 21.2. The van der Waals surface area contributed by atoms with Crippen molar-refractivity contribution < 1.29 is 13.9 Å². The van der Waals surface area contributed by atoms with Gasteiger partial charge in [-0.25, -0.2) is 4.98 Å². The zero-order chi connectivity index (χ0) is 21.4. The molecule has 2 atom stereocenters. The summed E-state index contributed by atoms with van der Waals surface area (Å²) in [6.07, 6.45) is 1.62. The molecule has 1 fully saturated rings. The molecule has 1 aromatic heterocycles. The van der Waals surface area contributed by atoms with Crippen LogP contribution in [-0.2, 0) is 15.1 Å². The average Bonchev–Trinajstić information content (AvgIpc) is 3.11. The molecule has 5 nitrogen and oxygen atoms in total. The summed E-state index contributed by atoms with van der Waals surface area (Å²) in [5, 5.41) is 4.26. The molecule has 0 aliphatic carbocycles. The third-order valence-corrected chi connectivity index (χ3v) is 6.52. The maximum atomic E-state index is 14.3. The molecule has 158 valence electrons. The van der Waals surface area contributed by atoms with Crippen molar-refractivity contribution in [3.8, 4) is 11.1 Å². The minimum atomic E-state index is -0.520. The first-order valence-corrected chi connectivity index (χ1v) is 11.1. The van der Waals surface area contributed by atoms with Gasteiger partial charge in [0.15, 0.2) is 0 Å². The first kappa shape index (κ1) is 21.0. The van der Waals surface area contributed by atoms with Crippen molar-refractivity contribution in [2.45, 2.75) is 38.3 Å². The molecule has 0 spiro atoms. The SMILES string of the molecule is CC(C)(C)OC(=O)CC1=N[C@@]2(c3cccc(-c4cccnc4F)c3)CNC[C@H]2CS1. The van der Waals surface area contributed by atoms with Crippen LogP contribution in [0, 0.1) is 11.9 Å². The van der Waals surface area contributed by atoms with Crippen LogP contribution in [0.4, 0.5) is 4.39 Å². The quantitative estimate of drug-likeness (QED) is 0.586. The van der Waals surface area contributed by atoms with E-state index in [1.54, 1.807) is 23.9 Å². The summed E-state index contributed by atoms with van der Waals surface area (Å²) in [5.74, 6) is 0.431. The lowest BCUT2D eigenvalue weighted by Crippen LogP contribution is -2.39. The fourth-order valence-electron chi connectivity index (χ4n) is 4.08. The van der Waals surface area contributed by atoms with Crippen LogP contribution >= 0.6 is 11.8 Å². The molecule has 0 bridgehead atoms. The molecule has 4 rings (SSSR count). The number of halogens is 1. The highest BCUT2D eigenvalue weighted by molar-refractivity contribution is 8.14. The lowest BCUT2D eigenvalue weighted by atomic mass is 9.81. The van der Waals surface area contributed by atoms with Gasteiger partial charge >= 0.3 is 5.97 Å². The topological polar surface area (TPSA) is 63.6 Å². The highest BCUT2D eigenvalue weighted by Crippen LogP contribution is 2.44. The molecule has 1 aromatic carbocycles. The molecule has 30 heavy (non-hydrogen) atoms. The third kappa shape index (κ3) is 4.27. The highest BCUT2D eigenvalue weighted by atomic mass is 32.2. The number of thioether (sulfide) groups is 1. The summed E-state index contributed by atoms with van der Waals surface area (Å²) in [7, 11) is 0. The van der Waals surface area contributed by atoms with E-state index in [2.05, 4.69) is 10.3 Å². The molecule has 0 radical (unpaired) electrons. The number of rotatable bonds is 4. The molecule has 0 saturated carbocycles. The Balaban J connectivity index is 1.68. The number of carbonyl (C=O) groups is 1. The minimum Gasteiger partial charge on any atom is -0.460 e. The normalized spacial score (nSPS) is 23.6. The molecule has 1 N–H and O–H groups in total. The van der Waals surface area contributed by atoms with Gasteiger partial charge in [0.25, 0.3) is 0 Å². The molecule has 2 aromatic rings. The monoisotopic (exact) mass is 427 g/mol. The second-order valence-corrected chi connectivity index (χ2v) is 9.85. The number of benzene rings is 1. The van der Waals surface area contributed by atoms with E-state index in [9.17, 15) is 9.18 Å². The Bertz CT molecular complexity index is 988. The number of carbonyl (C=O) groups excluding carboxylic acids is 1. The van der Waals surface area contributed by atoms with Crippen molar-refractivity contribution in [1.29, 1.82) is 0 Å². The van der Waals surface area contributed by atoms with Crippen LogP contribution in [0.15, 0.2) is 47.6 Å². The van der Waals surface area contributed by atoms with Crippen molar-refractivity contribution in [2.24, 2.45) is 10.9 Å². The lowest BCUT2D eigenvalue weighted by Gasteiger charge is -2.36. The second kappa shape index (κ2) is 8.12. The standard InChI is InChI=1S/C23H26FN3O2S/c1-22(2,3)29-20(28)11-19-27-23(14-25-12-17(23)13-30-19)16-7-4-6-15(10-16)18-8-5-9-26-21(18)24/h4-10,17,25H,11-14H2,1-3H3/t17-,23+/m0/s1. The van der Waals surface area contributed by atoms with Gasteiger partial charge in [0.1, 0.15) is 11.1 Å². The van der Waals surface area contributed by atoms with Gasteiger partial charge < -0.3 is 10.1 Å². The summed E-state index contributed by atoms with van der Waals surface area (Å²) >= 11 is 1.63. The van der Waals surface area contributed by atoms with Gasteiger partial charge in [0.05, 0.1) is 11.5 Å². The predicted octanol–water partition coefficient (Wildman–Crippen LogP) is 4.18. The van der Waals surface area contributed by atoms with Gasteiger partial charge in [0.2, 0.25) is 5.95 Å². The average molecular weight is 428 g/mol. The molecular formula is C23H26FN3O2S. The highest BCUT2D eigenvalue weighted by Gasteiger charge is 2.47. The first-order chi connectivity index (χ1) is 14.3. The van der Waals surface area contributed by atoms with E-state index < -0.39 is 17.1 Å². The Morgan fingerprint density at radius 2 is 2.17 bits per heavy atom. The Morgan fingerprint density at radius 1 is 1.33 bits per heavy atom. The number of nitrogens with zero attached hydrogens (tertiary/aromatic N) is 2. The number of fused-ring (bicyclic) bond motifs is 1. The third-order valence-electron chi connectivity index (χ3n) is 5.38. The van der Waals surface area contributed by atoms with Crippen LogP contribution in [0.2, 0.25) is 0 Å². The number of ether oxygens (including phenoxy) is 1. The molecule has 0 amide bonds. The van der Waals surface area contributed by atoms with E-state index in [0.717, 1.165) is 28.5 Å². The van der Waals surface area contributed by atoms with Crippen molar-refractivity contribution >= 4 is 22.8 Å². The number of nitrogens with one attached hydrogen (secondary N) is 1. The van der Waals surface area contributed by atoms with Gasteiger partial charge in [-0.1, -0.05) is 18.2 Å². The Morgan fingerprint density at radius 3 is 2.93 bits per heavy atom. The maximum Gasteiger partial charge on any atom is 0.312 e. The Labute approximate surface area is 180 Å². The van der Waals surface area contributed by atoms with E-state index in [1.807, 2.05) is 45.0 Å². The molecule has 7 heteroatoms. The zero-order valence-corrected chi connectivity index (χ0v) is 18.3. The Kier molecular flexibility index (Phi) is 5.68. The van der Waals surface area contributed by atoms with Gasteiger partial charge in [-0.3, -0.25) is 9.79 Å². The molecule has 3 heterocycles. The fourth-order valence-corrected chi connectivity index (χ4v) is 5.32. The molecular weight excluding hydrogens is 401 g/mol. The number of esters is 1. The van der Waals surface area contributed by atoms with Crippen LogP contribution in [0.25, 0.3) is 11.1 Å². The summed E-state index contributed by atoms with van der Waals surface area (Å²) in [6.45, 7) is 7.14. The van der Waals surface area contributed by atoms with E-state index in [1.165, 1.54) is 6.20 Å². The van der Waals surface area contributed by atoms with Crippen LogP contribution in [0.3, 0.4) is 0 Å². The van der Waals surface area contributed by atoms with Gasteiger partial charge in [-0.05, 0) is 50.1 Å². The van der Waals surface area contributed by atoms with E-state index in [4.69, 9.17) is 9.73 Å². The number of aliphatic imine (C=N–C) groups is 1. The zero-order valence-electron chi connectivity index (χ0n) is 17.4. The number of aromatic nitrogens is 1. The Hall–Kier alpha value is -2.25. The second-order valence-electron chi connectivity index (χ2n) is 8.75. The van der Waals surface area contributed by atoms with Gasteiger partial charge in [-0.2, -0.15) is 4.39 Å². The maximum absolute atomic E-state index is 14.3. The minimum absolute atomic E-state index is 0.174. The van der Waals surface area contributed by atoms with Gasteiger partial charge in [-0.15, -0.1) is 11.8 Å². The molecule has 2 aliphatic rings. The predicted molar refractivity (Wildman–Crippen MR) is 118 cm³/mol. The van der Waals surface area contributed by atoms with Crippen LogP contribution in [0.5, 0.6) is 0 Å². The summed E-state index contributed by atoms with van der Waals surface area (Å²) in [6, 6.07) is 11.3. The summed E-state index contributed by atoms with van der Waals surface area (Å²) < 4.78 is 19.7.